The van der Waals surface area contributed by atoms with Crippen LogP contribution in [0.5, 0.6) is 0 Å². The van der Waals surface area contributed by atoms with Crippen LogP contribution in [0.25, 0.3) is 11.0 Å². The molecule has 0 saturated heterocycles. The number of hydrogen-bond donors (Lipinski definition) is 1. The maximum absolute atomic E-state index is 13.9. The van der Waals surface area contributed by atoms with Gasteiger partial charge in [0.05, 0.1) is 17.7 Å². The van der Waals surface area contributed by atoms with Crippen LogP contribution in [0.4, 0.5) is 14.7 Å². The molecule has 0 atom stereocenters. The molecule has 1 aromatic carbocycles. The van der Waals surface area contributed by atoms with E-state index < -0.39 is 11.6 Å². The van der Waals surface area contributed by atoms with Crippen LogP contribution in [0.15, 0.2) is 12.1 Å². The number of imidazole rings is 1. The first-order chi connectivity index (χ1) is 9.06. The van der Waals surface area contributed by atoms with Crippen molar-refractivity contribution in [3.63, 3.8) is 0 Å². The van der Waals surface area contributed by atoms with Gasteiger partial charge in [0.15, 0.2) is 11.6 Å². The number of halogens is 2. The molecule has 1 saturated carbocycles. The average Bonchev–Trinajstić information content (AvgIpc) is 2.66. The van der Waals surface area contributed by atoms with Crippen LogP contribution in [0, 0.1) is 11.6 Å². The summed E-state index contributed by atoms with van der Waals surface area (Å²) in [7, 11) is 1.63. The number of hydrogen-bond acceptors (Lipinski definition) is 3. The van der Waals surface area contributed by atoms with Crippen LogP contribution in [0.3, 0.4) is 0 Å². The van der Waals surface area contributed by atoms with Crippen LogP contribution >= 0.6 is 0 Å². The number of nitrogens with two attached hydrogens (primary N) is 1. The molecule has 19 heavy (non-hydrogen) atoms. The number of rotatable bonds is 3. The Balaban J connectivity index is 2.12. The second-order valence-corrected chi connectivity index (χ2v) is 5.03. The van der Waals surface area contributed by atoms with Crippen LogP contribution in [0.2, 0.25) is 0 Å². The van der Waals surface area contributed by atoms with Crippen molar-refractivity contribution in [1.29, 1.82) is 0 Å². The van der Waals surface area contributed by atoms with Crippen molar-refractivity contribution in [2.75, 3.05) is 12.8 Å². The Labute approximate surface area is 109 Å². The molecular formula is C13H15F2N3O. The highest BCUT2D eigenvalue weighted by molar-refractivity contribution is 5.79. The van der Waals surface area contributed by atoms with E-state index in [-0.39, 0.29) is 17.1 Å². The molecule has 2 N–H and O–H groups in total. The molecule has 1 aliphatic carbocycles. The van der Waals surface area contributed by atoms with E-state index >= 15 is 0 Å². The van der Waals surface area contributed by atoms with Gasteiger partial charge in [-0.1, -0.05) is 0 Å². The fraction of sp³-hybridized carbons (Fsp3) is 0.462. The van der Waals surface area contributed by atoms with Crippen molar-refractivity contribution < 1.29 is 13.5 Å². The summed E-state index contributed by atoms with van der Waals surface area (Å²) in [5, 5.41) is 0. The van der Waals surface area contributed by atoms with Gasteiger partial charge in [-0.05, 0) is 31.4 Å². The topological polar surface area (TPSA) is 53.1 Å². The number of ether oxygens (including phenoxy) is 1. The Bertz CT molecular complexity index is 629. The predicted molar refractivity (Wildman–Crippen MR) is 67.7 cm³/mol. The van der Waals surface area contributed by atoms with Crippen LogP contribution in [-0.2, 0) is 11.3 Å². The molecular weight excluding hydrogens is 252 g/mol. The maximum atomic E-state index is 13.9. The van der Waals surface area contributed by atoms with Crippen molar-refractivity contribution >= 4 is 17.0 Å². The monoisotopic (exact) mass is 267 g/mol. The Morgan fingerprint density at radius 3 is 2.74 bits per heavy atom. The first kappa shape index (κ1) is 12.3. The van der Waals surface area contributed by atoms with Gasteiger partial charge in [0.25, 0.3) is 0 Å². The number of anilines is 1. The molecule has 0 radical (unpaired) electrons. The molecule has 6 heteroatoms. The van der Waals surface area contributed by atoms with E-state index in [0.29, 0.717) is 12.1 Å². The largest absolute Gasteiger partial charge is 0.376 e. The molecule has 0 amide bonds. The van der Waals surface area contributed by atoms with Gasteiger partial charge in [-0.3, -0.25) is 0 Å². The lowest BCUT2D eigenvalue weighted by Gasteiger charge is -2.40. The third-order valence-electron chi connectivity index (χ3n) is 3.97. The molecule has 4 nitrogen and oxygen atoms in total. The number of nitrogens with zero attached hydrogens (tertiary/aromatic N) is 2. The first-order valence-electron chi connectivity index (χ1n) is 6.21. The van der Waals surface area contributed by atoms with Crippen molar-refractivity contribution in [3.8, 4) is 0 Å². The summed E-state index contributed by atoms with van der Waals surface area (Å²) in [6, 6.07) is 2.49. The lowest BCUT2D eigenvalue weighted by atomic mass is 9.80. The quantitative estimate of drug-likeness (QED) is 0.929. The Kier molecular flexibility index (Phi) is 2.70. The summed E-state index contributed by atoms with van der Waals surface area (Å²) in [4.78, 5) is 4.07. The highest BCUT2D eigenvalue weighted by Crippen LogP contribution is 2.38. The molecule has 0 aliphatic heterocycles. The molecule has 2 aromatic rings. The summed E-state index contributed by atoms with van der Waals surface area (Å²) in [5.74, 6) is -1.62. The predicted octanol–water partition coefficient (Wildman–Crippen LogP) is 2.47. The molecule has 1 heterocycles. The third kappa shape index (κ3) is 1.78. The fourth-order valence-corrected chi connectivity index (χ4v) is 2.62. The van der Waals surface area contributed by atoms with Gasteiger partial charge < -0.3 is 15.0 Å². The van der Waals surface area contributed by atoms with Crippen LogP contribution in [-0.4, -0.2) is 22.3 Å². The van der Waals surface area contributed by atoms with Gasteiger partial charge in [-0.25, -0.2) is 13.8 Å². The molecule has 0 bridgehead atoms. The summed E-state index contributed by atoms with van der Waals surface area (Å²) in [5.41, 5.74) is 5.96. The van der Waals surface area contributed by atoms with E-state index in [2.05, 4.69) is 4.98 Å². The molecule has 102 valence electrons. The number of benzene rings is 1. The van der Waals surface area contributed by atoms with Gasteiger partial charge in [0.2, 0.25) is 5.95 Å². The number of fused-ring (bicyclic) bond motifs is 1. The molecule has 3 rings (SSSR count). The van der Waals surface area contributed by atoms with Crippen LogP contribution < -0.4 is 5.73 Å². The molecule has 0 spiro atoms. The SMILES string of the molecule is COC1(Cn2c(N)nc3ccc(F)c(F)c32)CCC1. The standard InChI is InChI=1S/C13H15F2N3O/c1-19-13(5-2-6-13)7-18-11-9(17-12(18)16)4-3-8(14)10(11)15/h3-4H,2,5-7H2,1H3,(H2,16,17). The molecule has 0 unspecified atom stereocenters. The van der Waals surface area contributed by atoms with Crippen molar-refractivity contribution in [2.45, 2.75) is 31.4 Å². The third-order valence-corrected chi connectivity index (χ3v) is 3.97. The molecule has 1 aliphatic rings. The highest BCUT2D eigenvalue weighted by Gasteiger charge is 2.38. The minimum atomic E-state index is -0.910. The number of aromatic nitrogens is 2. The zero-order valence-corrected chi connectivity index (χ0v) is 10.6. The van der Waals surface area contributed by atoms with E-state index in [1.165, 1.54) is 10.6 Å². The fourth-order valence-electron chi connectivity index (χ4n) is 2.62. The van der Waals surface area contributed by atoms with E-state index in [1.54, 1.807) is 7.11 Å². The van der Waals surface area contributed by atoms with E-state index in [9.17, 15) is 8.78 Å². The van der Waals surface area contributed by atoms with Crippen molar-refractivity contribution in [1.82, 2.24) is 9.55 Å². The maximum Gasteiger partial charge on any atom is 0.201 e. The average molecular weight is 267 g/mol. The van der Waals surface area contributed by atoms with E-state index in [4.69, 9.17) is 10.5 Å². The van der Waals surface area contributed by atoms with Gasteiger partial charge in [-0.2, -0.15) is 0 Å². The van der Waals surface area contributed by atoms with Crippen LogP contribution in [0.1, 0.15) is 19.3 Å². The van der Waals surface area contributed by atoms with E-state index in [0.717, 1.165) is 25.3 Å². The minimum Gasteiger partial charge on any atom is -0.376 e. The second kappa shape index (κ2) is 4.16. The van der Waals surface area contributed by atoms with Gasteiger partial charge in [-0.15, -0.1) is 0 Å². The molecule has 1 aromatic heterocycles. The van der Waals surface area contributed by atoms with E-state index in [1.807, 2.05) is 0 Å². The Hall–Kier alpha value is -1.69. The smallest absolute Gasteiger partial charge is 0.201 e. The lowest BCUT2D eigenvalue weighted by molar-refractivity contribution is -0.0825. The highest BCUT2D eigenvalue weighted by atomic mass is 19.2. The van der Waals surface area contributed by atoms with Crippen molar-refractivity contribution in [2.24, 2.45) is 0 Å². The summed E-state index contributed by atoms with van der Waals surface area (Å²) < 4.78 is 34.3. The zero-order valence-electron chi connectivity index (χ0n) is 10.6. The number of methoxy groups -OCH3 is 1. The van der Waals surface area contributed by atoms with Gasteiger partial charge in [0.1, 0.15) is 5.52 Å². The summed E-state index contributed by atoms with van der Waals surface area (Å²) >= 11 is 0. The number of nitrogen functional groups attached to an aromatic ring is 1. The Morgan fingerprint density at radius 2 is 2.16 bits per heavy atom. The summed E-state index contributed by atoms with van der Waals surface area (Å²) in [6.07, 6.45) is 2.84. The van der Waals surface area contributed by atoms with Gasteiger partial charge >= 0.3 is 0 Å². The summed E-state index contributed by atoms with van der Waals surface area (Å²) in [6.45, 7) is 0.395. The van der Waals surface area contributed by atoms with Gasteiger partial charge in [0, 0.05) is 7.11 Å². The lowest BCUT2D eigenvalue weighted by Crippen LogP contribution is -2.43. The normalized spacial score (nSPS) is 17.6. The minimum absolute atomic E-state index is 0.112. The second-order valence-electron chi connectivity index (χ2n) is 5.03. The first-order valence-corrected chi connectivity index (χ1v) is 6.21. The zero-order chi connectivity index (χ0) is 13.6. The van der Waals surface area contributed by atoms with Crippen molar-refractivity contribution in [3.05, 3.63) is 23.8 Å². The molecule has 1 fully saturated rings. The Morgan fingerprint density at radius 1 is 1.42 bits per heavy atom.